The van der Waals surface area contributed by atoms with Crippen LogP contribution in [0.2, 0.25) is 0 Å². The Morgan fingerprint density at radius 1 is 1.47 bits per heavy atom. The molecule has 3 N–H and O–H groups in total. The molecule has 0 heterocycles. The molecule has 0 fully saturated rings. The highest BCUT2D eigenvalue weighted by molar-refractivity contribution is 6.00. The Morgan fingerprint density at radius 3 is 2.65 bits per heavy atom. The summed E-state index contributed by atoms with van der Waals surface area (Å²) in [6.45, 7) is 6.45. The van der Waals surface area contributed by atoms with Crippen LogP contribution >= 0.6 is 0 Å². The van der Waals surface area contributed by atoms with Crippen molar-refractivity contribution >= 4 is 11.5 Å². The molecule has 0 aliphatic rings. The number of nitrogen functional groups attached to an aromatic ring is 1. The van der Waals surface area contributed by atoms with E-state index in [4.69, 9.17) is 11.1 Å². The van der Waals surface area contributed by atoms with Gasteiger partial charge in [-0.05, 0) is 38.0 Å². The lowest BCUT2D eigenvalue weighted by Gasteiger charge is -2.29. The Bertz CT molecular complexity index is 398. The third-order valence-electron chi connectivity index (χ3n) is 3.19. The van der Waals surface area contributed by atoms with Gasteiger partial charge < -0.3 is 10.6 Å². The standard InChI is InChI=1S/C14H23N3/c1-5-6-11(3)17(4)13-9-10(2)7-8-12(13)14(15)16/h7-9,11H,5-6H2,1-4H3,(H3,15,16). The van der Waals surface area contributed by atoms with Crippen LogP contribution in [0.15, 0.2) is 18.2 Å². The van der Waals surface area contributed by atoms with E-state index >= 15 is 0 Å². The molecule has 3 nitrogen and oxygen atoms in total. The highest BCUT2D eigenvalue weighted by Gasteiger charge is 2.14. The van der Waals surface area contributed by atoms with E-state index in [0.29, 0.717) is 6.04 Å². The first-order valence-corrected chi connectivity index (χ1v) is 6.15. The molecule has 1 rings (SSSR count). The van der Waals surface area contributed by atoms with Gasteiger partial charge in [0, 0.05) is 24.3 Å². The van der Waals surface area contributed by atoms with Gasteiger partial charge in [-0.3, -0.25) is 5.41 Å². The lowest BCUT2D eigenvalue weighted by molar-refractivity contribution is 0.616. The number of nitrogens with one attached hydrogen (secondary N) is 1. The Labute approximate surface area is 104 Å². The molecular weight excluding hydrogens is 210 g/mol. The van der Waals surface area contributed by atoms with Gasteiger partial charge in [-0.2, -0.15) is 0 Å². The van der Waals surface area contributed by atoms with Crippen LogP contribution in [0.25, 0.3) is 0 Å². The van der Waals surface area contributed by atoms with Crippen molar-refractivity contribution in [1.82, 2.24) is 0 Å². The van der Waals surface area contributed by atoms with Crippen molar-refractivity contribution in [2.24, 2.45) is 5.73 Å². The Hall–Kier alpha value is -1.51. The van der Waals surface area contributed by atoms with Crippen molar-refractivity contribution in [3.05, 3.63) is 29.3 Å². The van der Waals surface area contributed by atoms with E-state index < -0.39 is 0 Å². The Kier molecular flexibility index (Phi) is 4.55. The molecular formula is C14H23N3. The van der Waals surface area contributed by atoms with Crippen LogP contribution in [0.4, 0.5) is 5.69 Å². The molecule has 17 heavy (non-hydrogen) atoms. The van der Waals surface area contributed by atoms with Gasteiger partial charge in [0.05, 0.1) is 0 Å². The number of hydrogen-bond donors (Lipinski definition) is 2. The van der Waals surface area contributed by atoms with Crippen LogP contribution in [-0.2, 0) is 0 Å². The lowest BCUT2D eigenvalue weighted by atomic mass is 10.1. The van der Waals surface area contributed by atoms with Crippen LogP contribution < -0.4 is 10.6 Å². The van der Waals surface area contributed by atoms with E-state index in [-0.39, 0.29) is 5.84 Å². The van der Waals surface area contributed by atoms with Crippen molar-refractivity contribution in [2.45, 2.75) is 39.7 Å². The third-order valence-corrected chi connectivity index (χ3v) is 3.19. The second-order valence-corrected chi connectivity index (χ2v) is 4.68. The predicted molar refractivity (Wildman–Crippen MR) is 75.0 cm³/mol. The molecule has 0 aliphatic carbocycles. The maximum absolute atomic E-state index is 7.63. The maximum Gasteiger partial charge on any atom is 0.124 e. The van der Waals surface area contributed by atoms with E-state index in [1.165, 1.54) is 5.56 Å². The number of aryl methyl sites for hydroxylation is 1. The summed E-state index contributed by atoms with van der Waals surface area (Å²) in [6, 6.07) is 6.49. The molecule has 1 aromatic rings. The summed E-state index contributed by atoms with van der Waals surface area (Å²) < 4.78 is 0. The van der Waals surface area contributed by atoms with E-state index in [2.05, 4.69) is 38.8 Å². The number of nitrogens with zero attached hydrogens (tertiary/aromatic N) is 1. The molecule has 3 heteroatoms. The molecule has 0 aliphatic heterocycles. The summed E-state index contributed by atoms with van der Waals surface area (Å²) >= 11 is 0. The fourth-order valence-corrected chi connectivity index (χ4v) is 2.01. The fourth-order valence-electron chi connectivity index (χ4n) is 2.01. The highest BCUT2D eigenvalue weighted by Crippen LogP contribution is 2.23. The van der Waals surface area contributed by atoms with Gasteiger partial charge in [0.2, 0.25) is 0 Å². The van der Waals surface area contributed by atoms with Gasteiger partial charge in [0.15, 0.2) is 0 Å². The van der Waals surface area contributed by atoms with Gasteiger partial charge in [-0.1, -0.05) is 19.4 Å². The minimum absolute atomic E-state index is 0.135. The minimum atomic E-state index is 0.135. The van der Waals surface area contributed by atoms with Crippen molar-refractivity contribution in [3.8, 4) is 0 Å². The maximum atomic E-state index is 7.63. The monoisotopic (exact) mass is 233 g/mol. The first-order chi connectivity index (χ1) is 7.97. The van der Waals surface area contributed by atoms with Crippen LogP contribution in [0.3, 0.4) is 0 Å². The molecule has 0 amide bonds. The zero-order valence-electron chi connectivity index (χ0n) is 11.2. The summed E-state index contributed by atoms with van der Waals surface area (Å²) in [5, 5.41) is 7.63. The Balaban J connectivity index is 3.10. The second kappa shape index (κ2) is 5.71. The van der Waals surface area contributed by atoms with Crippen LogP contribution in [0.5, 0.6) is 0 Å². The molecule has 1 unspecified atom stereocenters. The molecule has 0 spiro atoms. The molecule has 1 atom stereocenters. The van der Waals surface area contributed by atoms with Crippen molar-refractivity contribution < 1.29 is 0 Å². The zero-order chi connectivity index (χ0) is 13.0. The summed E-state index contributed by atoms with van der Waals surface area (Å²) in [5.41, 5.74) is 8.70. The number of rotatable bonds is 5. The quantitative estimate of drug-likeness (QED) is 0.607. The number of amidine groups is 1. The van der Waals surface area contributed by atoms with E-state index in [9.17, 15) is 0 Å². The molecule has 94 valence electrons. The average molecular weight is 233 g/mol. The first-order valence-electron chi connectivity index (χ1n) is 6.15. The van der Waals surface area contributed by atoms with Crippen molar-refractivity contribution in [2.75, 3.05) is 11.9 Å². The molecule has 0 saturated carbocycles. The Morgan fingerprint density at radius 2 is 2.12 bits per heavy atom. The summed E-state index contributed by atoms with van der Waals surface area (Å²) in [5.74, 6) is 0.135. The second-order valence-electron chi connectivity index (χ2n) is 4.68. The third kappa shape index (κ3) is 3.22. The lowest BCUT2D eigenvalue weighted by Crippen LogP contribution is -2.31. The van der Waals surface area contributed by atoms with Gasteiger partial charge >= 0.3 is 0 Å². The van der Waals surface area contributed by atoms with Gasteiger partial charge in [0.25, 0.3) is 0 Å². The SMILES string of the molecule is CCCC(C)N(C)c1cc(C)ccc1C(=N)N. The van der Waals surface area contributed by atoms with E-state index in [1.807, 2.05) is 12.1 Å². The molecule has 1 aromatic carbocycles. The van der Waals surface area contributed by atoms with Gasteiger partial charge in [-0.25, -0.2) is 0 Å². The summed E-state index contributed by atoms with van der Waals surface area (Å²) in [4.78, 5) is 2.22. The highest BCUT2D eigenvalue weighted by atomic mass is 15.1. The zero-order valence-corrected chi connectivity index (χ0v) is 11.2. The number of anilines is 1. The normalized spacial score (nSPS) is 12.2. The summed E-state index contributed by atoms with van der Waals surface area (Å²) in [6.07, 6.45) is 2.30. The number of hydrogen-bond acceptors (Lipinski definition) is 2. The summed E-state index contributed by atoms with van der Waals surface area (Å²) in [7, 11) is 2.07. The first kappa shape index (κ1) is 13.6. The smallest absolute Gasteiger partial charge is 0.124 e. The van der Waals surface area contributed by atoms with Crippen LogP contribution in [0.1, 0.15) is 37.8 Å². The minimum Gasteiger partial charge on any atom is -0.384 e. The molecule has 0 aromatic heterocycles. The topological polar surface area (TPSA) is 53.1 Å². The number of benzene rings is 1. The predicted octanol–water partition coefficient (Wildman–Crippen LogP) is 2.90. The molecule has 0 radical (unpaired) electrons. The largest absolute Gasteiger partial charge is 0.384 e. The van der Waals surface area contributed by atoms with Crippen molar-refractivity contribution in [1.29, 1.82) is 5.41 Å². The van der Waals surface area contributed by atoms with Crippen molar-refractivity contribution in [3.63, 3.8) is 0 Å². The fraction of sp³-hybridized carbons (Fsp3) is 0.500. The van der Waals surface area contributed by atoms with Gasteiger partial charge in [-0.15, -0.1) is 0 Å². The van der Waals surface area contributed by atoms with Crippen LogP contribution in [0, 0.1) is 12.3 Å². The van der Waals surface area contributed by atoms with E-state index in [1.54, 1.807) is 0 Å². The van der Waals surface area contributed by atoms with Gasteiger partial charge in [0.1, 0.15) is 5.84 Å². The molecule has 0 bridgehead atoms. The number of nitrogens with two attached hydrogens (primary N) is 1. The average Bonchev–Trinajstić information content (AvgIpc) is 2.27. The molecule has 0 saturated heterocycles. The van der Waals surface area contributed by atoms with E-state index in [0.717, 1.165) is 24.1 Å². The van der Waals surface area contributed by atoms with Crippen LogP contribution in [-0.4, -0.2) is 18.9 Å².